The molecule has 2 rings (SSSR count). The Morgan fingerprint density at radius 3 is 2.38 bits per heavy atom. The van der Waals surface area contributed by atoms with Crippen molar-refractivity contribution in [2.45, 2.75) is 48.4 Å². The van der Waals surface area contributed by atoms with Gasteiger partial charge < -0.3 is 10.2 Å². The second-order valence-corrected chi connectivity index (χ2v) is 8.03. The van der Waals surface area contributed by atoms with E-state index in [1.165, 1.54) is 0 Å². The van der Waals surface area contributed by atoms with Gasteiger partial charge in [-0.25, -0.2) is 0 Å². The Balaban J connectivity index is 2.48. The molecule has 2 fully saturated rings. The van der Waals surface area contributed by atoms with Crippen LogP contribution in [0.25, 0.3) is 0 Å². The zero-order chi connectivity index (χ0) is 12.4. The van der Waals surface area contributed by atoms with E-state index >= 15 is 0 Å². The highest BCUT2D eigenvalue weighted by Gasteiger charge is 2.74. The molecular weight excluding hydrogens is 340 g/mol. The predicted molar refractivity (Wildman–Crippen MR) is 68.1 cm³/mol. The summed E-state index contributed by atoms with van der Waals surface area (Å²) in [5, 5.41) is 19.5. The molecule has 2 N–H and O–H groups in total. The summed E-state index contributed by atoms with van der Waals surface area (Å²) >= 11 is 7.25. The summed E-state index contributed by atoms with van der Waals surface area (Å²) in [6.07, 6.45) is 1.25. The minimum absolute atomic E-state index is 0.00796. The van der Waals surface area contributed by atoms with Crippen molar-refractivity contribution in [2.24, 2.45) is 10.8 Å². The molecule has 0 aromatic heterocycles. The molecule has 2 saturated carbocycles. The maximum absolute atomic E-state index is 11.1. The third-order valence-electron chi connectivity index (χ3n) is 4.75. The number of aliphatic hydroxyl groups is 1. The van der Waals surface area contributed by atoms with Crippen LogP contribution in [0.3, 0.4) is 0 Å². The van der Waals surface area contributed by atoms with E-state index in [-0.39, 0.29) is 26.4 Å². The molecule has 0 aromatic carbocycles. The quantitative estimate of drug-likeness (QED) is 0.748. The van der Waals surface area contributed by atoms with Gasteiger partial charge >= 0.3 is 5.97 Å². The summed E-state index contributed by atoms with van der Waals surface area (Å²) in [5.74, 6) is -0.789. The Kier molecular flexibility index (Phi) is 2.77. The molecule has 2 aliphatic rings. The van der Waals surface area contributed by atoms with Crippen LogP contribution in [0.15, 0.2) is 0 Å². The van der Waals surface area contributed by atoms with Crippen molar-refractivity contribution in [3.63, 3.8) is 0 Å². The van der Waals surface area contributed by atoms with Gasteiger partial charge in [0.1, 0.15) is 0 Å². The zero-order valence-electron chi connectivity index (χ0n) is 9.33. The number of aliphatic hydroxyl groups excluding tert-OH is 1. The number of rotatable bonds is 2. The lowest BCUT2D eigenvalue weighted by molar-refractivity contribution is -0.143. The van der Waals surface area contributed by atoms with Gasteiger partial charge in [0.2, 0.25) is 0 Å². The maximum Gasteiger partial charge on any atom is 0.303 e. The van der Waals surface area contributed by atoms with Gasteiger partial charge in [0.25, 0.3) is 0 Å². The van der Waals surface area contributed by atoms with Crippen molar-refractivity contribution in [1.82, 2.24) is 0 Å². The largest absolute Gasteiger partial charge is 0.481 e. The second-order valence-electron chi connectivity index (χ2n) is 5.64. The molecule has 0 aromatic rings. The van der Waals surface area contributed by atoms with Crippen LogP contribution in [0.2, 0.25) is 0 Å². The van der Waals surface area contributed by atoms with Gasteiger partial charge in [0.05, 0.1) is 16.8 Å². The number of fused-ring (bicyclic) bond motifs is 2. The van der Waals surface area contributed by atoms with Crippen molar-refractivity contribution in [3.05, 3.63) is 0 Å². The molecule has 3 nitrogen and oxygen atoms in total. The average Bonchev–Trinajstić information content (AvgIpc) is 2.46. The number of hydrogen-bond acceptors (Lipinski definition) is 2. The number of carboxylic acids is 1. The first-order valence-electron chi connectivity index (χ1n) is 5.41. The van der Waals surface area contributed by atoms with E-state index in [1.54, 1.807) is 0 Å². The van der Waals surface area contributed by atoms with Gasteiger partial charge in [0.15, 0.2) is 0 Å². The van der Waals surface area contributed by atoms with Crippen LogP contribution in [0, 0.1) is 10.8 Å². The average molecular weight is 356 g/mol. The summed E-state index contributed by atoms with van der Waals surface area (Å²) in [6, 6.07) is 0. The highest BCUT2D eigenvalue weighted by molar-refractivity contribution is 9.12. The Morgan fingerprint density at radius 2 is 2.00 bits per heavy atom. The van der Waals surface area contributed by atoms with Gasteiger partial charge in [-0.3, -0.25) is 4.79 Å². The topological polar surface area (TPSA) is 57.5 Å². The van der Waals surface area contributed by atoms with Crippen molar-refractivity contribution in [1.29, 1.82) is 0 Å². The van der Waals surface area contributed by atoms with Crippen LogP contribution in [0.4, 0.5) is 0 Å². The zero-order valence-corrected chi connectivity index (χ0v) is 12.5. The molecular formula is C11H16Br2O3. The molecule has 0 unspecified atom stereocenters. The van der Waals surface area contributed by atoms with Crippen LogP contribution in [0.5, 0.6) is 0 Å². The van der Waals surface area contributed by atoms with Crippen molar-refractivity contribution < 1.29 is 15.0 Å². The first-order valence-corrected chi connectivity index (χ1v) is 7.12. The molecule has 0 spiro atoms. The Morgan fingerprint density at radius 1 is 1.44 bits per heavy atom. The van der Waals surface area contributed by atoms with Crippen LogP contribution in [-0.2, 0) is 4.79 Å². The Hall–Kier alpha value is 0.390. The fraction of sp³-hybridized carbons (Fsp3) is 0.909. The lowest BCUT2D eigenvalue weighted by Gasteiger charge is -2.45. The maximum atomic E-state index is 11.1. The normalized spacial score (nSPS) is 49.6. The third kappa shape index (κ3) is 1.25. The van der Waals surface area contributed by atoms with Crippen LogP contribution < -0.4 is 0 Å². The van der Waals surface area contributed by atoms with Crippen LogP contribution >= 0.6 is 31.9 Å². The molecule has 16 heavy (non-hydrogen) atoms. The van der Waals surface area contributed by atoms with E-state index in [2.05, 4.69) is 31.9 Å². The van der Waals surface area contributed by atoms with Gasteiger partial charge in [-0.15, -0.1) is 0 Å². The van der Waals surface area contributed by atoms with Gasteiger partial charge in [-0.05, 0) is 18.3 Å². The smallest absolute Gasteiger partial charge is 0.303 e. The third-order valence-corrected chi connectivity index (χ3v) is 8.34. The number of carbonyl (C=O) groups is 1. The standard InChI is InChI=1S/C11H16Br2O3/c1-9(2)8(16)11(13)4-3-10(9,7(11)12)5-6(14)15/h7-8,16H,3-5H2,1-2H3,(H,14,15)/t7-,8+,10-,11-/m1/s1. The van der Waals surface area contributed by atoms with Gasteiger partial charge in [-0.2, -0.15) is 0 Å². The van der Waals surface area contributed by atoms with Gasteiger partial charge in [-0.1, -0.05) is 45.7 Å². The highest BCUT2D eigenvalue weighted by Crippen LogP contribution is 2.72. The number of halogens is 2. The lowest BCUT2D eigenvalue weighted by atomic mass is 9.62. The van der Waals surface area contributed by atoms with Crippen LogP contribution in [-0.4, -0.2) is 31.4 Å². The molecule has 0 radical (unpaired) electrons. The second kappa shape index (κ2) is 3.45. The summed E-state index contributed by atoms with van der Waals surface area (Å²) < 4.78 is -0.369. The van der Waals surface area contributed by atoms with E-state index in [0.29, 0.717) is 0 Å². The molecule has 0 saturated heterocycles. The van der Waals surface area contributed by atoms with Crippen molar-refractivity contribution in [2.75, 3.05) is 0 Å². The number of aliphatic carboxylic acids is 1. The van der Waals surface area contributed by atoms with Gasteiger partial charge in [0, 0.05) is 10.2 Å². The van der Waals surface area contributed by atoms with E-state index in [1.807, 2.05) is 13.8 Å². The Labute approximate surface area is 112 Å². The summed E-state index contributed by atoms with van der Waals surface area (Å²) in [6.45, 7) is 3.94. The molecule has 2 bridgehead atoms. The first kappa shape index (κ1) is 12.8. The first-order chi connectivity index (χ1) is 7.18. The van der Waals surface area contributed by atoms with E-state index in [4.69, 9.17) is 5.11 Å². The number of carboxylic acid groups (broad SMARTS) is 1. The molecule has 2 aliphatic carbocycles. The fourth-order valence-electron chi connectivity index (χ4n) is 3.60. The van der Waals surface area contributed by atoms with E-state index < -0.39 is 12.1 Å². The molecule has 4 atom stereocenters. The minimum Gasteiger partial charge on any atom is -0.481 e. The summed E-state index contributed by atoms with van der Waals surface area (Å²) in [4.78, 5) is 11.1. The summed E-state index contributed by atoms with van der Waals surface area (Å²) in [5.41, 5.74) is -0.747. The SMILES string of the molecule is CC1(C)[C@H](O)[C@@]2(Br)CC[C@@]1(CC(=O)O)[C@H]2Br. The van der Waals surface area contributed by atoms with Crippen molar-refractivity contribution >= 4 is 37.8 Å². The molecule has 5 heteroatoms. The fourth-order valence-corrected chi connectivity index (χ4v) is 6.27. The van der Waals surface area contributed by atoms with Crippen LogP contribution in [0.1, 0.15) is 33.1 Å². The summed E-state index contributed by atoms with van der Waals surface area (Å²) in [7, 11) is 0. The van der Waals surface area contributed by atoms with E-state index in [9.17, 15) is 9.90 Å². The predicted octanol–water partition coefficient (Wildman–Crippen LogP) is 2.54. The number of alkyl halides is 2. The monoisotopic (exact) mass is 354 g/mol. The highest BCUT2D eigenvalue weighted by atomic mass is 79.9. The molecule has 0 heterocycles. The minimum atomic E-state index is -0.789. The number of hydrogen-bond donors (Lipinski definition) is 2. The molecule has 92 valence electrons. The van der Waals surface area contributed by atoms with Crippen molar-refractivity contribution in [3.8, 4) is 0 Å². The Bertz CT molecular complexity index is 344. The molecule has 0 aliphatic heterocycles. The lowest BCUT2D eigenvalue weighted by Crippen LogP contribution is -2.47. The van der Waals surface area contributed by atoms with E-state index in [0.717, 1.165) is 12.8 Å². The molecule has 0 amide bonds.